The second-order valence-electron chi connectivity index (χ2n) is 7.54. The number of aromatic amines is 1. The van der Waals surface area contributed by atoms with Gasteiger partial charge >= 0.3 is 0 Å². The summed E-state index contributed by atoms with van der Waals surface area (Å²) >= 11 is 0. The molecule has 7 heteroatoms. The van der Waals surface area contributed by atoms with E-state index < -0.39 is 0 Å². The van der Waals surface area contributed by atoms with E-state index in [9.17, 15) is 9.59 Å². The quantitative estimate of drug-likeness (QED) is 0.651. The lowest BCUT2D eigenvalue weighted by Gasteiger charge is -2.25. The third-order valence-electron chi connectivity index (χ3n) is 5.16. The molecular formula is C23H25N3O4. The summed E-state index contributed by atoms with van der Waals surface area (Å²) in [6, 6.07) is 14.7. The number of hydrogen-bond acceptors (Lipinski definition) is 5. The topological polar surface area (TPSA) is 84.5 Å². The fourth-order valence-electron chi connectivity index (χ4n) is 3.62. The monoisotopic (exact) mass is 407 g/mol. The maximum absolute atomic E-state index is 13.0. The third-order valence-corrected chi connectivity index (χ3v) is 5.16. The molecule has 2 heterocycles. The molecule has 0 unspecified atom stereocenters. The molecule has 1 aliphatic heterocycles. The van der Waals surface area contributed by atoms with E-state index in [2.05, 4.69) is 9.97 Å². The van der Waals surface area contributed by atoms with Crippen LogP contribution in [0.5, 0.6) is 5.75 Å². The van der Waals surface area contributed by atoms with E-state index >= 15 is 0 Å². The van der Waals surface area contributed by atoms with Crippen LogP contribution >= 0.6 is 0 Å². The zero-order valence-corrected chi connectivity index (χ0v) is 17.0. The summed E-state index contributed by atoms with van der Waals surface area (Å²) in [7, 11) is 0. The fourth-order valence-corrected chi connectivity index (χ4v) is 3.62. The minimum atomic E-state index is -0.212. The van der Waals surface area contributed by atoms with Crippen LogP contribution in [0.3, 0.4) is 0 Å². The van der Waals surface area contributed by atoms with Crippen LogP contribution in [-0.2, 0) is 16.1 Å². The lowest BCUT2D eigenvalue weighted by molar-refractivity contribution is -0.135. The van der Waals surface area contributed by atoms with Crippen LogP contribution in [0.2, 0.25) is 0 Å². The number of hydrogen-bond donors (Lipinski definition) is 1. The predicted molar refractivity (Wildman–Crippen MR) is 113 cm³/mol. The van der Waals surface area contributed by atoms with Gasteiger partial charge in [-0.1, -0.05) is 24.3 Å². The molecule has 1 N–H and O–H groups in total. The van der Waals surface area contributed by atoms with Crippen LogP contribution in [-0.4, -0.2) is 46.6 Å². The molecule has 1 aromatic heterocycles. The fraction of sp³-hybridized carbons (Fsp3) is 0.348. The van der Waals surface area contributed by atoms with Crippen molar-refractivity contribution in [1.29, 1.82) is 0 Å². The summed E-state index contributed by atoms with van der Waals surface area (Å²) < 4.78 is 11.4. The number of nitrogens with zero attached hydrogens (tertiary/aromatic N) is 2. The van der Waals surface area contributed by atoms with Crippen molar-refractivity contribution in [2.45, 2.75) is 32.4 Å². The zero-order valence-electron chi connectivity index (χ0n) is 17.0. The van der Waals surface area contributed by atoms with E-state index in [0.717, 1.165) is 18.4 Å². The second kappa shape index (κ2) is 9.09. The SMILES string of the molecule is Cc1cccc(OCC(=O)N(Cc2nc3ccccc3c(=O)[nH]2)C[C@H]2CCCO2)c1. The Balaban J connectivity index is 1.51. The number of H-pyrrole nitrogens is 1. The number of amides is 1. The summed E-state index contributed by atoms with van der Waals surface area (Å²) in [6.07, 6.45) is 1.88. The van der Waals surface area contributed by atoms with Gasteiger partial charge in [-0.3, -0.25) is 9.59 Å². The molecule has 0 aliphatic carbocycles. The van der Waals surface area contributed by atoms with Gasteiger partial charge in [-0.15, -0.1) is 0 Å². The standard InChI is InChI=1S/C23H25N3O4/c1-16-6-4-7-17(12-16)30-15-22(27)26(13-18-8-5-11-29-18)14-21-24-20-10-3-2-9-19(20)23(28)25-21/h2-4,6-7,9-10,12,18H,5,8,11,13-15H2,1H3,(H,24,25,28)/t18-/m1/s1. The first-order chi connectivity index (χ1) is 14.6. The number of benzene rings is 2. The molecule has 1 amide bonds. The minimum absolute atomic E-state index is 0.0138. The molecule has 1 saturated heterocycles. The van der Waals surface area contributed by atoms with Crippen molar-refractivity contribution in [2.24, 2.45) is 0 Å². The Hall–Kier alpha value is -3.19. The summed E-state index contributed by atoms with van der Waals surface area (Å²) in [5.41, 5.74) is 1.46. The van der Waals surface area contributed by atoms with Crippen molar-refractivity contribution >= 4 is 16.8 Å². The Morgan fingerprint density at radius 2 is 2.13 bits per heavy atom. The Morgan fingerprint density at radius 1 is 1.27 bits per heavy atom. The van der Waals surface area contributed by atoms with Crippen molar-refractivity contribution in [3.8, 4) is 5.75 Å². The van der Waals surface area contributed by atoms with E-state index in [-0.39, 0.29) is 30.7 Å². The number of ether oxygens (including phenoxy) is 2. The first-order valence-electron chi connectivity index (χ1n) is 10.2. The van der Waals surface area contributed by atoms with Gasteiger partial charge in [-0.25, -0.2) is 4.98 Å². The highest BCUT2D eigenvalue weighted by atomic mass is 16.5. The van der Waals surface area contributed by atoms with Crippen LogP contribution in [0.4, 0.5) is 0 Å². The Bertz CT molecular complexity index is 1090. The van der Waals surface area contributed by atoms with Crippen molar-refractivity contribution in [3.63, 3.8) is 0 Å². The first-order valence-corrected chi connectivity index (χ1v) is 10.2. The van der Waals surface area contributed by atoms with Crippen molar-refractivity contribution in [2.75, 3.05) is 19.8 Å². The molecule has 4 rings (SSSR count). The van der Waals surface area contributed by atoms with Gasteiger partial charge in [-0.2, -0.15) is 0 Å². The maximum atomic E-state index is 13.0. The molecule has 7 nitrogen and oxygen atoms in total. The molecular weight excluding hydrogens is 382 g/mol. The minimum Gasteiger partial charge on any atom is -0.484 e. The van der Waals surface area contributed by atoms with E-state index in [1.54, 1.807) is 23.1 Å². The van der Waals surface area contributed by atoms with Gasteiger partial charge < -0.3 is 19.4 Å². The Morgan fingerprint density at radius 3 is 2.93 bits per heavy atom. The van der Waals surface area contributed by atoms with Crippen LogP contribution in [0, 0.1) is 6.92 Å². The molecule has 0 bridgehead atoms. The average Bonchev–Trinajstić information content (AvgIpc) is 3.25. The summed E-state index contributed by atoms with van der Waals surface area (Å²) in [5.74, 6) is 0.918. The maximum Gasteiger partial charge on any atom is 0.261 e. The Kier molecular flexibility index (Phi) is 6.09. The largest absolute Gasteiger partial charge is 0.484 e. The number of aromatic nitrogens is 2. The van der Waals surface area contributed by atoms with Gasteiger partial charge in [0, 0.05) is 13.2 Å². The molecule has 2 aromatic carbocycles. The lowest BCUT2D eigenvalue weighted by atomic mass is 10.2. The number of carbonyl (C=O) groups excluding carboxylic acids is 1. The zero-order chi connectivity index (χ0) is 20.9. The van der Waals surface area contributed by atoms with E-state index in [1.165, 1.54) is 0 Å². The number of para-hydroxylation sites is 1. The van der Waals surface area contributed by atoms with Gasteiger partial charge in [-0.05, 0) is 49.6 Å². The molecule has 1 aliphatic rings. The van der Waals surface area contributed by atoms with Crippen molar-refractivity contribution < 1.29 is 14.3 Å². The summed E-state index contributed by atoms with van der Waals surface area (Å²) in [6.45, 7) is 3.22. The molecule has 0 spiro atoms. The molecule has 1 fully saturated rings. The molecule has 0 saturated carbocycles. The van der Waals surface area contributed by atoms with E-state index in [1.807, 2.05) is 37.3 Å². The van der Waals surface area contributed by atoms with Crippen LogP contribution in [0.15, 0.2) is 53.3 Å². The third kappa shape index (κ3) is 4.86. The number of aryl methyl sites for hydroxylation is 1. The highest BCUT2D eigenvalue weighted by Crippen LogP contribution is 2.16. The lowest BCUT2D eigenvalue weighted by Crippen LogP contribution is -2.40. The molecule has 156 valence electrons. The number of fused-ring (bicyclic) bond motifs is 1. The second-order valence-corrected chi connectivity index (χ2v) is 7.54. The van der Waals surface area contributed by atoms with Crippen molar-refractivity contribution in [1.82, 2.24) is 14.9 Å². The van der Waals surface area contributed by atoms with Crippen molar-refractivity contribution in [3.05, 3.63) is 70.3 Å². The van der Waals surface area contributed by atoms with Crippen LogP contribution < -0.4 is 10.3 Å². The number of rotatable bonds is 7. The molecule has 0 radical (unpaired) electrons. The molecule has 1 atom stereocenters. The molecule has 3 aromatic rings. The number of nitrogens with one attached hydrogen (secondary N) is 1. The van der Waals surface area contributed by atoms with Crippen LogP contribution in [0.25, 0.3) is 10.9 Å². The van der Waals surface area contributed by atoms with E-state index in [4.69, 9.17) is 9.47 Å². The van der Waals surface area contributed by atoms with Gasteiger partial charge in [0.15, 0.2) is 6.61 Å². The van der Waals surface area contributed by atoms with Gasteiger partial charge in [0.25, 0.3) is 11.5 Å². The predicted octanol–water partition coefficient (Wildman–Crippen LogP) is 2.82. The Labute approximate surface area is 174 Å². The summed E-state index contributed by atoms with van der Waals surface area (Å²) in [4.78, 5) is 34.3. The smallest absolute Gasteiger partial charge is 0.261 e. The number of carbonyl (C=O) groups is 1. The first kappa shape index (κ1) is 20.1. The molecule has 30 heavy (non-hydrogen) atoms. The highest BCUT2D eigenvalue weighted by Gasteiger charge is 2.24. The average molecular weight is 407 g/mol. The van der Waals surface area contributed by atoms with Gasteiger partial charge in [0.1, 0.15) is 11.6 Å². The van der Waals surface area contributed by atoms with Gasteiger partial charge in [0.05, 0.1) is 23.6 Å². The van der Waals surface area contributed by atoms with Crippen LogP contribution in [0.1, 0.15) is 24.2 Å². The van der Waals surface area contributed by atoms with E-state index in [0.29, 0.717) is 35.6 Å². The van der Waals surface area contributed by atoms with Gasteiger partial charge in [0.2, 0.25) is 0 Å². The normalized spacial score (nSPS) is 16.0. The highest BCUT2D eigenvalue weighted by molar-refractivity contribution is 5.78. The summed E-state index contributed by atoms with van der Waals surface area (Å²) in [5, 5.41) is 0.529.